The van der Waals surface area contributed by atoms with Crippen molar-refractivity contribution in [1.82, 2.24) is 10.6 Å². The predicted molar refractivity (Wildman–Crippen MR) is 110 cm³/mol. The largest absolute Gasteiger partial charge is 0.345 e. The van der Waals surface area contributed by atoms with Crippen LogP contribution in [0.3, 0.4) is 0 Å². The summed E-state index contributed by atoms with van der Waals surface area (Å²) in [7, 11) is 0. The van der Waals surface area contributed by atoms with E-state index >= 15 is 0 Å². The van der Waals surface area contributed by atoms with Gasteiger partial charge in [-0.25, -0.2) is 4.39 Å². The molecule has 1 saturated heterocycles. The third-order valence-electron chi connectivity index (χ3n) is 5.01. The first kappa shape index (κ1) is 21.7. The second kappa shape index (κ2) is 9.54. The fourth-order valence-corrected chi connectivity index (χ4v) is 3.77. The molecule has 2 N–H and O–H groups in total. The van der Waals surface area contributed by atoms with Crippen LogP contribution in [0.5, 0.6) is 0 Å². The lowest BCUT2D eigenvalue weighted by Gasteiger charge is -2.29. The highest BCUT2D eigenvalue weighted by Crippen LogP contribution is 2.30. The SMILES string of the molecule is Cc1cc(C(NC(=O)[C@H]2CCN[C@@H](C)C2)c2ccccc2Cl)ccc1F.Cl. The summed E-state index contributed by atoms with van der Waals surface area (Å²) in [6, 6.07) is 12.3. The van der Waals surface area contributed by atoms with E-state index in [4.69, 9.17) is 11.6 Å². The summed E-state index contributed by atoms with van der Waals surface area (Å²) >= 11 is 6.40. The molecular formula is C21H25Cl2FN2O. The molecule has 0 aromatic heterocycles. The van der Waals surface area contributed by atoms with Gasteiger partial charge in [0.2, 0.25) is 5.91 Å². The topological polar surface area (TPSA) is 41.1 Å². The Labute approximate surface area is 171 Å². The van der Waals surface area contributed by atoms with Crippen molar-refractivity contribution >= 4 is 29.9 Å². The molecule has 146 valence electrons. The van der Waals surface area contributed by atoms with Gasteiger partial charge in [-0.2, -0.15) is 0 Å². The molecule has 27 heavy (non-hydrogen) atoms. The van der Waals surface area contributed by atoms with Gasteiger partial charge in [0.15, 0.2) is 0 Å². The van der Waals surface area contributed by atoms with E-state index < -0.39 is 6.04 Å². The van der Waals surface area contributed by atoms with Crippen LogP contribution in [-0.2, 0) is 4.79 Å². The first-order valence-electron chi connectivity index (χ1n) is 9.00. The molecule has 0 saturated carbocycles. The molecule has 3 rings (SSSR count). The van der Waals surface area contributed by atoms with Gasteiger partial charge >= 0.3 is 0 Å². The number of aryl methyl sites for hydroxylation is 1. The molecule has 1 heterocycles. The molecule has 0 aliphatic carbocycles. The Morgan fingerprint density at radius 1 is 1.30 bits per heavy atom. The van der Waals surface area contributed by atoms with E-state index in [-0.39, 0.29) is 30.0 Å². The van der Waals surface area contributed by atoms with E-state index in [1.54, 1.807) is 25.1 Å². The third-order valence-corrected chi connectivity index (χ3v) is 5.36. The van der Waals surface area contributed by atoms with E-state index in [2.05, 4.69) is 17.6 Å². The van der Waals surface area contributed by atoms with Crippen LogP contribution in [0, 0.1) is 18.7 Å². The minimum absolute atomic E-state index is 0. The van der Waals surface area contributed by atoms with Gasteiger partial charge in [-0.15, -0.1) is 12.4 Å². The highest BCUT2D eigenvalue weighted by atomic mass is 35.5. The monoisotopic (exact) mass is 410 g/mol. The van der Waals surface area contributed by atoms with Gasteiger partial charge in [-0.1, -0.05) is 41.9 Å². The summed E-state index contributed by atoms with van der Waals surface area (Å²) in [5, 5.41) is 7.10. The summed E-state index contributed by atoms with van der Waals surface area (Å²) in [6.07, 6.45) is 1.62. The summed E-state index contributed by atoms with van der Waals surface area (Å²) in [5.41, 5.74) is 2.19. The number of hydrogen-bond donors (Lipinski definition) is 2. The molecule has 0 radical (unpaired) electrons. The van der Waals surface area contributed by atoms with Crippen molar-refractivity contribution in [1.29, 1.82) is 0 Å². The molecule has 1 amide bonds. The van der Waals surface area contributed by atoms with E-state index in [0.717, 1.165) is 30.5 Å². The number of nitrogens with one attached hydrogen (secondary N) is 2. The molecule has 6 heteroatoms. The minimum Gasteiger partial charge on any atom is -0.345 e. The number of piperidine rings is 1. The first-order chi connectivity index (χ1) is 12.5. The van der Waals surface area contributed by atoms with E-state index in [0.29, 0.717) is 16.6 Å². The quantitative estimate of drug-likeness (QED) is 0.759. The molecule has 1 aliphatic heterocycles. The molecule has 3 atom stereocenters. The summed E-state index contributed by atoms with van der Waals surface area (Å²) in [5.74, 6) is -0.270. The molecule has 2 aromatic rings. The van der Waals surface area contributed by atoms with E-state index in [9.17, 15) is 9.18 Å². The average molecular weight is 411 g/mol. The predicted octanol–water partition coefficient (Wildman–Crippen LogP) is 4.80. The van der Waals surface area contributed by atoms with Crippen LogP contribution in [0.15, 0.2) is 42.5 Å². The molecular weight excluding hydrogens is 386 g/mol. The number of hydrogen-bond acceptors (Lipinski definition) is 2. The second-order valence-corrected chi connectivity index (χ2v) is 7.46. The summed E-state index contributed by atoms with van der Waals surface area (Å²) in [6.45, 7) is 4.65. The Bertz CT molecular complexity index is 800. The van der Waals surface area contributed by atoms with Gasteiger partial charge in [0.1, 0.15) is 5.82 Å². The maximum absolute atomic E-state index is 13.7. The lowest BCUT2D eigenvalue weighted by molar-refractivity contribution is -0.126. The van der Waals surface area contributed by atoms with Crippen molar-refractivity contribution in [2.75, 3.05) is 6.54 Å². The average Bonchev–Trinajstić information content (AvgIpc) is 2.63. The van der Waals surface area contributed by atoms with Crippen LogP contribution in [0.4, 0.5) is 4.39 Å². The zero-order valence-electron chi connectivity index (χ0n) is 15.5. The maximum atomic E-state index is 13.7. The van der Waals surface area contributed by atoms with E-state index in [1.807, 2.05) is 18.2 Å². The van der Waals surface area contributed by atoms with Gasteiger partial charge in [0, 0.05) is 17.0 Å². The lowest BCUT2D eigenvalue weighted by atomic mass is 9.91. The van der Waals surface area contributed by atoms with Gasteiger partial charge in [0.25, 0.3) is 0 Å². The molecule has 2 aromatic carbocycles. The maximum Gasteiger partial charge on any atom is 0.223 e. The van der Waals surface area contributed by atoms with Crippen LogP contribution in [-0.4, -0.2) is 18.5 Å². The van der Waals surface area contributed by atoms with Crippen LogP contribution < -0.4 is 10.6 Å². The number of carbonyl (C=O) groups is 1. The number of halogens is 3. The number of carbonyl (C=O) groups excluding carboxylic acids is 1. The number of rotatable bonds is 4. The first-order valence-corrected chi connectivity index (χ1v) is 9.37. The van der Waals surface area contributed by atoms with Crippen molar-refractivity contribution in [2.24, 2.45) is 5.92 Å². The molecule has 3 nitrogen and oxygen atoms in total. The lowest BCUT2D eigenvalue weighted by Crippen LogP contribution is -2.43. The van der Waals surface area contributed by atoms with Gasteiger partial charge in [-0.05, 0) is 62.1 Å². The van der Waals surface area contributed by atoms with Crippen LogP contribution in [0.2, 0.25) is 5.02 Å². The molecule has 1 aliphatic rings. The molecule has 1 unspecified atom stereocenters. The van der Waals surface area contributed by atoms with Crippen molar-refractivity contribution in [3.05, 3.63) is 70.0 Å². The van der Waals surface area contributed by atoms with Crippen molar-refractivity contribution in [3.8, 4) is 0 Å². The zero-order valence-corrected chi connectivity index (χ0v) is 17.0. The van der Waals surface area contributed by atoms with Crippen LogP contribution in [0.25, 0.3) is 0 Å². The molecule has 1 fully saturated rings. The van der Waals surface area contributed by atoms with Gasteiger partial charge < -0.3 is 10.6 Å². The van der Waals surface area contributed by atoms with Crippen molar-refractivity contribution < 1.29 is 9.18 Å². The standard InChI is InChI=1S/C21H24ClFN2O.ClH/c1-13-11-15(7-8-19(13)23)20(17-5-3-4-6-18(17)22)25-21(26)16-9-10-24-14(2)12-16;/h3-8,11,14,16,20,24H,9-10,12H2,1-2H3,(H,25,26);1H/t14-,16-,20?;/m0./s1. The van der Waals surface area contributed by atoms with Crippen LogP contribution in [0.1, 0.15) is 42.5 Å². The zero-order chi connectivity index (χ0) is 18.7. The molecule has 0 spiro atoms. The van der Waals surface area contributed by atoms with Crippen LogP contribution >= 0.6 is 24.0 Å². The van der Waals surface area contributed by atoms with Gasteiger partial charge in [-0.3, -0.25) is 4.79 Å². The summed E-state index contributed by atoms with van der Waals surface area (Å²) < 4.78 is 13.7. The number of amides is 1. The minimum atomic E-state index is -0.402. The Kier molecular flexibility index (Phi) is 7.66. The highest BCUT2D eigenvalue weighted by molar-refractivity contribution is 6.31. The Morgan fingerprint density at radius 2 is 2.04 bits per heavy atom. The Balaban J connectivity index is 0.00000261. The van der Waals surface area contributed by atoms with Gasteiger partial charge in [0.05, 0.1) is 6.04 Å². The fraction of sp³-hybridized carbons (Fsp3) is 0.381. The van der Waals surface area contributed by atoms with E-state index in [1.165, 1.54) is 6.07 Å². The highest BCUT2D eigenvalue weighted by Gasteiger charge is 2.28. The van der Waals surface area contributed by atoms with Crippen molar-refractivity contribution in [2.45, 2.75) is 38.8 Å². The normalized spacial score (nSPS) is 20.4. The number of benzene rings is 2. The van der Waals surface area contributed by atoms with Crippen molar-refractivity contribution in [3.63, 3.8) is 0 Å². The second-order valence-electron chi connectivity index (χ2n) is 7.05. The fourth-order valence-electron chi connectivity index (χ4n) is 3.53. The summed E-state index contributed by atoms with van der Waals surface area (Å²) in [4.78, 5) is 12.9. The molecule has 0 bridgehead atoms. The Hall–Kier alpha value is -1.62. The third kappa shape index (κ3) is 5.22. The smallest absolute Gasteiger partial charge is 0.223 e. The Morgan fingerprint density at radius 3 is 2.70 bits per heavy atom.